The monoisotopic (exact) mass is 354 g/mol. The first-order valence-corrected chi connectivity index (χ1v) is 7.72. The van der Waals surface area contributed by atoms with E-state index in [1.807, 2.05) is 20.8 Å². The topological polar surface area (TPSA) is 62.2 Å². The third-order valence-electron chi connectivity index (χ3n) is 2.92. The van der Waals surface area contributed by atoms with Crippen molar-refractivity contribution in [2.45, 2.75) is 26.8 Å². The van der Waals surface area contributed by atoms with E-state index >= 15 is 0 Å². The van der Waals surface area contributed by atoms with E-state index in [1.54, 1.807) is 29.5 Å². The Morgan fingerprint density at radius 3 is 2.70 bits per heavy atom. The van der Waals surface area contributed by atoms with E-state index in [0.717, 1.165) is 20.1 Å². The summed E-state index contributed by atoms with van der Waals surface area (Å²) in [6.45, 7) is 5.94. The van der Waals surface area contributed by atoms with Gasteiger partial charge >= 0.3 is 5.97 Å². The molecule has 1 aromatic carbocycles. The Bertz CT molecular complexity index is 655. The number of thiazole rings is 1. The van der Waals surface area contributed by atoms with E-state index in [9.17, 15) is 9.90 Å². The second-order valence-corrected chi connectivity index (χ2v) is 6.69. The Kier molecular flexibility index (Phi) is 4.45. The molecule has 1 unspecified atom stereocenters. The lowest BCUT2D eigenvalue weighted by atomic mass is 10.1. The number of halogens is 1. The van der Waals surface area contributed by atoms with Crippen LogP contribution in [0, 0.1) is 13.8 Å². The third kappa shape index (κ3) is 3.19. The molecule has 20 heavy (non-hydrogen) atoms. The maximum Gasteiger partial charge on any atom is 0.337 e. The first-order valence-electron chi connectivity index (χ1n) is 6.11. The number of benzene rings is 1. The van der Waals surface area contributed by atoms with Crippen LogP contribution in [0.4, 0.5) is 5.69 Å². The van der Waals surface area contributed by atoms with Crippen molar-refractivity contribution in [2.24, 2.45) is 0 Å². The molecule has 0 saturated carbocycles. The second-order valence-electron chi connectivity index (χ2n) is 4.54. The van der Waals surface area contributed by atoms with E-state index in [0.29, 0.717) is 5.69 Å². The van der Waals surface area contributed by atoms with Gasteiger partial charge in [-0.2, -0.15) is 0 Å². The zero-order chi connectivity index (χ0) is 14.9. The number of carbonyl (C=O) groups is 1. The minimum Gasteiger partial charge on any atom is -0.478 e. The van der Waals surface area contributed by atoms with Crippen LogP contribution in [0.5, 0.6) is 0 Å². The van der Waals surface area contributed by atoms with Gasteiger partial charge in [-0.1, -0.05) is 15.9 Å². The molecule has 0 spiro atoms. The standard InChI is InChI=1S/C14H15BrN2O2S/c1-7-13(20-9(3)16-7)8(2)17-12-6-10(15)4-5-11(12)14(18)19/h4-6,8,17H,1-3H3,(H,18,19). The highest BCUT2D eigenvalue weighted by Gasteiger charge is 2.16. The van der Waals surface area contributed by atoms with Crippen molar-refractivity contribution < 1.29 is 9.90 Å². The number of aromatic nitrogens is 1. The summed E-state index contributed by atoms with van der Waals surface area (Å²) in [7, 11) is 0. The van der Waals surface area contributed by atoms with Gasteiger partial charge in [0.2, 0.25) is 0 Å². The fourth-order valence-corrected chi connectivity index (χ4v) is 3.36. The molecule has 2 N–H and O–H groups in total. The number of hydrogen-bond donors (Lipinski definition) is 2. The van der Waals surface area contributed by atoms with Crippen LogP contribution in [0.15, 0.2) is 22.7 Å². The molecule has 0 aliphatic heterocycles. The second kappa shape index (κ2) is 5.93. The van der Waals surface area contributed by atoms with Gasteiger partial charge in [0.05, 0.1) is 28.0 Å². The molecule has 0 bridgehead atoms. The van der Waals surface area contributed by atoms with Crippen molar-refractivity contribution in [3.63, 3.8) is 0 Å². The number of aromatic carboxylic acids is 1. The van der Waals surface area contributed by atoms with Gasteiger partial charge in [-0.15, -0.1) is 11.3 Å². The lowest BCUT2D eigenvalue weighted by Gasteiger charge is -2.16. The highest BCUT2D eigenvalue weighted by molar-refractivity contribution is 9.10. The van der Waals surface area contributed by atoms with E-state index in [1.165, 1.54) is 0 Å². The van der Waals surface area contributed by atoms with Crippen LogP contribution in [0.25, 0.3) is 0 Å². The number of nitrogens with one attached hydrogen (secondary N) is 1. The molecule has 0 amide bonds. The predicted octanol–water partition coefficient (Wildman–Crippen LogP) is 4.39. The van der Waals surface area contributed by atoms with Crippen LogP contribution in [-0.2, 0) is 0 Å². The highest BCUT2D eigenvalue weighted by Crippen LogP contribution is 2.30. The first kappa shape index (κ1) is 15.0. The van der Waals surface area contributed by atoms with E-state index < -0.39 is 5.97 Å². The fraction of sp³-hybridized carbons (Fsp3) is 0.286. The van der Waals surface area contributed by atoms with Gasteiger partial charge in [-0.3, -0.25) is 0 Å². The third-order valence-corrected chi connectivity index (χ3v) is 4.67. The van der Waals surface area contributed by atoms with Crippen molar-refractivity contribution in [2.75, 3.05) is 5.32 Å². The summed E-state index contributed by atoms with van der Waals surface area (Å²) in [4.78, 5) is 16.8. The molecule has 0 fully saturated rings. The van der Waals surface area contributed by atoms with Crippen LogP contribution >= 0.6 is 27.3 Å². The number of anilines is 1. The average Bonchev–Trinajstić information content (AvgIpc) is 2.68. The summed E-state index contributed by atoms with van der Waals surface area (Å²) < 4.78 is 0.842. The first-order chi connectivity index (χ1) is 9.38. The Balaban J connectivity index is 2.32. The number of rotatable bonds is 4. The molecule has 6 heteroatoms. The van der Waals surface area contributed by atoms with Crippen LogP contribution in [-0.4, -0.2) is 16.1 Å². The number of carboxylic acids is 1. The molecule has 1 heterocycles. The molecular weight excluding hydrogens is 340 g/mol. The highest BCUT2D eigenvalue weighted by atomic mass is 79.9. The fourth-order valence-electron chi connectivity index (χ4n) is 2.07. The van der Waals surface area contributed by atoms with Gasteiger partial charge in [0.25, 0.3) is 0 Å². The molecule has 1 atom stereocenters. The lowest BCUT2D eigenvalue weighted by Crippen LogP contribution is -2.10. The average molecular weight is 355 g/mol. The zero-order valence-corrected chi connectivity index (χ0v) is 13.8. The molecule has 0 aliphatic carbocycles. The number of aryl methyl sites for hydroxylation is 2. The maximum absolute atomic E-state index is 11.3. The lowest BCUT2D eigenvalue weighted by molar-refractivity contribution is 0.0698. The van der Waals surface area contributed by atoms with Crippen molar-refractivity contribution in [3.05, 3.63) is 43.8 Å². The van der Waals surface area contributed by atoms with Crippen LogP contribution in [0.3, 0.4) is 0 Å². The Morgan fingerprint density at radius 1 is 1.45 bits per heavy atom. The van der Waals surface area contributed by atoms with Crippen LogP contribution in [0.2, 0.25) is 0 Å². The summed E-state index contributed by atoms with van der Waals surface area (Å²) >= 11 is 4.99. The van der Waals surface area contributed by atoms with Crippen LogP contribution in [0.1, 0.15) is 38.9 Å². The van der Waals surface area contributed by atoms with Gasteiger partial charge in [0, 0.05) is 9.35 Å². The largest absolute Gasteiger partial charge is 0.478 e. The van der Waals surface area contributed by atoms with Gasteiger partial charge in [-0.05, 0) is 39.0 Å². The van der Waals surface area contributed by atoms with E-state index in [4.69, 9.17) is 0 Å². The normalized spacial score (nSPS) is 12.2. The van der Waals surface area contributed by atoms with Crippen molar-refractivity contribution in [3.8, 4) is 0 Å². The Morgan fingerprint density at radius 2 is 2.15 bits per heavy atom. The molecule has 0 radical (unpaired) electrons. The summed E-state index contributed by atoms with van der Waals surface area (Å²) in [6.07, 6.45) is 0. The quantitative estimate of drug-likeness (QED) is 0.854. The van der Waals surface area contributed by atoms with Gasteiger partial charge in [-0.25, -0.2) is 9.78 Å². The number of carboxylic acid groups (broad SMARTS) is 1. The van der Waals surface area contributed by atoms with Gasteiger partial charge in [0.1, 0.15) is 0 Å². The molecule has 2 rings (SSSR count). The number of hydrogen-bond acceptors (Lipinski definition) is 4. The molecule has 0 saturated heterocycles. The van der Waals surface area contributed by atoms with Gasteiger partial charge in [0.15, 0.2) is 0 Å². The summed E-state index contributed by atoms with van der Waals surface area (Å²) in [5.74, 6) is -0.940. The molecule has 106 valence electrons. The molecule has 2 aromatic rings. The van der Waals surface area contributed by atoms with Crippen molar-refractivity contribution >= 4 is 38.9 Å². The molecular formula is C14H15BrN2O2S. The summed E-state index contributed by atoms with van der Waals surface area (Å²) in [5.41, 5.74) is 1.85. The minimum absolute atomic E-state index is 0.00796. The summed E-state index contributed by atoms with van der Waals surface area (Å²) in [5, 5.41) is 13.5. The van der Waals surface area contributed by atoms with Crippen LogP contribution < -0.4 is 5.32 Å². The predicted molar refractivity (Wildman–Crippen MR) is 84.7 cm³/mol. The molecule has 4 nitrogen and oxygen atoms in total. The Labute approximate surface area is 130 Å². The smallest absolute Gasteiger partial charge is 0.337 e. The summed E-state index contributed by atoms with van der Waals surface area (Å²) in [6, 6.07) is 5.10. The number of nitrogens with zero attached hydrogens (tertiary/aromatic N) is 1. The van der Waals surface area contributed by atoms with E-state index in [-0.39, 0.29) is 11.6 Å². The molecule has 0 aliphatic rings. The van der Waals surface area contributed by atoms with Crippen molar-refractivity contribution in [1.82, 2.24) is 4.98 Å². The Hall–Kier alpha value is -1.40. The maximum atomic E-state index is 11.3. The van der Waals surface area contributed by atoms with Gasteiger partial charge < -0.3 is 10.4 Å². The molecule has 1 aromatic heterocycles. The van der Waals surface area contributed by atoms with Crippen molar-refractivity contribution in [1.29, 1.82) is 0 Å². The zero-order valence-electron chi connectivity index (χ0n) is 11.4. The SMILES string of the molecule is Cc1nc(C)c(C(C)Nc2cc(Br)ccc2C(=O)O)s1. The van der Waals surface area contributed by atoms with E-state index in [2.05, 4.69) is 26.2 Å². The minimum atomic E-state index is -0.940.